The molecule has 1 radical (unpaired) electrons. The number of aryl methyl sites for hydroxylation is 1. The lowest BCUT2D eigenvalue weighted by molar-refractivity contribution is 0.450. The highest BCUT2D eigenvalue weighted by Gasteiger charge is 2.22. The van der Waals surface area contributed by atoms with Crippen LogP contribution in [0.15, 0.2) is 18.3 Å². The molecule has 2 heterocycles. The van der Waals surface area contributed by atoms with E-state index in [1.807, 2.05) is 17.4 Å². The summed E-state index contributed by atoms with van der Waals surface area (Å²) in [4.78, 5) is 0. The van der Waals surface area contributed by atoms with E-state index in [0.717, 1.165) is 11.5 Å². The Bertz CT molecular complexity index is 505. The zero-order chi connectivity index (χ0) is 11.9. The minimum Gasteiger partial charge on any atom is -0.286 e. The first-order chi connectivity index (χ1) is 7.39. The fourth-order valence-electron chi connectivity index (χ4n) is 1.66. The van der Waals surface area contributed by atoms with Crippen LogP contribution < -0.4 is 0 Å². The Morgan fingerprint density at radius 3 is 2.50 bits per heavy atom. The molecule has 0 saturated carbocycles. The van der Waals surface area contributed by atoms with Gasteiger partial charge in [-0.25, -0.2) is 0 Å². The van der Waals surface area contributed by atoms with E-state index in [0.29, 0.717) is 0 Å². The Kier molecular flexibility index (Phi) is 2.49. The molecule has 0 bridgehead atoms. The normalized spacial score (nSPS) is 12.6. The molecule has 3 nitrogen and oxygen atoms in total. The average Bonchev–Trinajstić information content (AvgIpc) is 2.58. The molecule has 0 amide bonds. The van der Waals surface area contributed by atoms with Crippen molar-refractivity contribution in [2.45, 2.75) is 34.6 Å². The maximum absolute atomic E-state index is 4.08. The third-order valence-corrected chi connectivity index (χ3v) is 3.13. The molecule has 2 aromatic heterocycles. The van der Waals surface area contributed by atoms with Crippen molar-refractivity contribution in [1.29, 1.82) is 0 Å². The van der Waals surface area contributed by atoms with Gasteiger partial charge in [0, 0.05) is 12.1 Å². The van der Waals surface area contributed by atoms with Crippen LogP contribution in [0.1, 0.15) is 39.1 Å². The van der Waals surface area contributed by atoms with Gasteiger partial charge in [-0.1, -0.05) is 33.8 Å². The van der Waals surface area contributed by atoms with Crippen LogP contribution in [0.5, 0.6) is 0 Å². The van der Waals surface area contributed by atoms with Crippen LogP contribution in [-0.4, -0.2) is 14.6 Å². The van der Waals surface area contributed by atoms with Crippen LogP contribution in [0.3, 0.4) is 0 Å². The van der Waals surface area contributed by atoms with Crippen molar-refractivity contribution in [3.63, 3.8) is 0 Å². The number of nitrogens with zero attached hydrogens (tertiary/aromatic N) is 3. The van der Waals surface area contributed by atoms with E-state index in [1.165, 1.54) is 11.5 Å². The zero-order valence-corrected chi connectivity index (χ0v) is 10.6. The van der Waals surface area contributed by atoms with Crippen LogP contribution in [-0.2, 0) is 0 Å². The lowest BCUT2D eigenvalue weighted by Gasteiger charge is -2.26. The molecule has 85 valence electrons. The Balaban J connectivity index is 2.50. The van der Waals surface area contributed by atoms with E-state index >= 15 is 0 Å². The maximum atomic E-state index is 4.08. The minimum atomic E-state index is 0.190. The van der Waals surface area contributed by atoms with E-state index in [2.05, 4.69) is 50.2 Å². The summed E-state index contributed by atoms with van der Waals surface area (Å²) in [7, 11) is 0. The van der Waals surface area contributed by atoms with Crippen molar-refractivity contribution < 1.29 is 0 Å². The molecule has 0 aromatic carbocycles. The molecular formula is C13H18N3. The van der Waals surface area contributed by atoms with Crippen LogP contribution in [0.25, 0.3) is 5.65 Å². The second kappa shape index (κ2) is 3.58. The maximum Gasteiger partial charge on any atom is 0.160 e. The molecule has 2 rings (SSSR count). The first-order valence-corrected chi connectivity index (χ1v) is 5.55. The monoisotopic (exact) mass is 216 g/mol. The number of aromatic nitrogens is 3. The summed E-state index contributed by atoms with van der Waals surface area (Å²) in [5.74, 6) is 2.31. The molecule has 16 heavy (non-hydrogen) atoms. The number of pyridine rings is 1. The Hall–Kier alpha value is -1.38. The van der Waals surface area contributed by atoms with Crippen LogP contribution in [0.2, 0.25) is 0 Å². The molecule has 0 aliphatic rings. The number of hydrogen-bond donors (Lipinski definition) is 0. The third-order valence-electron chi connectivity index (χ3n) is 3.13. The Morgan fingerprint density at radius 1 is 1.19 bits per heavy atom. The van der Waals surface area contributed by atoms with Crippen LogP contribution in [0.4, 0.5) is 0 Å². The number of rotatable bonds is 1. The first-order valence-electron chi connectivity index (χ1n) is 5.55. The van der Waals surface area contributed by atoms with Gasteiger partial charge in [-0.2, -0.15) is 0 Å². The van der Waals surface area contributed by atoms with Crippen molar-refractivity contribution in [2.24, 2.45) is 5.41 Å². The highest BCUT2D eigenvalue weighted by molar-refractivity contribution is 5.43. The van der Waals surface area contributed by atoms with Gasteiger partial charge in [0.15, 0.2) is 5.65 Å². The highest BCUT2D eigenvalue weighted by Crippen LogP contribution is 2.33. The highest BCUT2D eigenvalue weighted by atomic mass is 15.2. The Morgan fingerprint density at radius 2 is 1.88 bits per heavy atom. The molecular weight excluding hydrogens is 198 g/mol. The number of fused-ring (bicyclic) bond motifs is 1. The van der Waals surface area contributed by atoms with Gasteiger partial charge in [-0.05, 0) is 24.0 Å². The molecule has 0 spiro atoms. The molecule has 0 fully saturated rings. The Labute approximate surface area is 96.5 Å². The molecule has 2 aromatic rings. The van der Waals surface area contributed by atoms with E-state index in [1.54, 1.807) is 0 Å². The molecule has 0 aliphatic carbocycles. The fourth-order valence-corrected chi connectivity index (χ4v) is 1.66. The SMILES string of the molecule is C[C](c1ccc2nnc(C)n2c1)C(C)(C)C. The number of hydrogen-bond acceptors (Lipinski definition) is 2. The van der Waals surface area contributed by atoms with Crippen LogP contribution in [0, 0.1) is 18.3 Å². The lowest BCUT2D eigenvalue weighted by Crippen LogP contribution is -2.16. The van der Waals surface area contributed by atoms with Crippen molar-refractivity contribution in [1.82, 2.24) is 14.6 Å². The minimum absolute atomic E-state index is 0.190. The van der Waals surface area contributed by atoms with Gasteiger partial charge in [-0.15, -0.1) is 10.2 Å². The summed E-state index contributed by atoms with van der Waals surface area (Å²) in [6.07, 6.45) is 2.12. The van der Waals surface area contributed by atoms with Gasteiger partial charge in [0.1, 0.15) is 5.82 Å². The lowest BCUT2D eigenvalue weighted by atomic mass is 9.78. The van der Waals surface area contributed by atoms with Gasteiger partial charge in [0.05, 0.1) is 0 Å². The van der Waals surface area contributed by atoms with E-state index in [9.17, 15) is 0 Å². The van der Waals surface area contributed by atoms with Gasteiger partial charge in [0.2, 0.25) is 0 Å². The summed E-state index contributed by atoms with van der Waals surface area (Å²) in [6, 6.07) is 4.13. The second-order valence-electron chi connectivity index (χ2n) is 5.27. The molecule has 0 saturated heterocycles. The summed E-state index contributed by atoms with van der Waals surface area (Å²) in [5.41, 5.74) is 2.35. The van der Waals surface area contributed by atoms with Crippen molar-refractivity contribution >= 4 is 5.65 Å². The summed E-state index contributed by atoms with van der Waals surface area (Å²) in [6.45, 7) is 10.8. The third kappa shape index (κ3) is 1.82. The molecule has 0 N–H and O–H groups in total. The van der Waals surface area contributed by atoms with Gasteiger partial charge >= 0.3 is 0 Å². The molecule has 0 aliphatic heterocycles. The van der Waals surface area contributed by atoms with E-state index in [4.69, 9.17) is 0 Å². The zero-order valence-electron chi connectivity index (χ0n) is 10.6. The van der Waals surface area contributed by atoms with Crippen molar-refractivity contribution in [3.05, 3.63) is 35.6 Å². The first kappa shape index (κ1) is 11.1. The van der Waals surface area contributed by atoms with Gasteiger partial charge in [-0.3, -0.25) is 4.40 Å². The smallest absolute Gasteiger partial charge is 0.160 e. The van der Waals surface area contributed by atoms with Crippen molar-refractivity contribution in [3.8, 4) is 0 Å². The van der Waals surface area contributed by atoms with E-state index in [-0.39, 0.29) is 5.41 Å². The molecule has 3 heteroatoms. The second-order valence-corrected chi connectivity index (χ2v) is 5.27. The topological polar surface area (TPSA) is 30.2 Å². The predicted molar refractivity (Wildman–Crippen MR) is 65.2 cm³/mol. The standard InChI is InChI=1S/C13H18N3/c1-9(13(3,4)5)11-6-7-12-15-14-10(2)16(12)8-11/h6-8H,1-5H3. The fraction of sp³-hybridized carbons (Fsp3) is 0.462. The molecule has 0 atom stereocenters. The largest absolute Gasteiger partial charge is 0.286 e. The van der Waals surface area contributed by atoms with Crippen LogP contribution >= 0.6 is 0 Å². The predicted octanol–water partition coefficient (Wildman–Crippen LogP) is 3.03. The average molecular weight is 216 g/mol. The van der Waals surface area contributed by atoms with Crippen molar-refractivity contribution in [2.75, 3.05) is 0 Å². The summed E-state index contributed by atoms with van der Waals surface area (Å²) < 4.78 is 2.03. The van der Waals surface area contributed by atoms with Gasteiger partial charge in [0.25, 0.3) is 0 Å². The summed E-state index contributed by atoms with van der Waals surface area (Å²) in [5, 5.41) is 8.15. The molecule has 0 unspecified atom stereocenters. The summed E-state index contributed by atoms with van der Waals surface area (Å²) >= 11 is 0. The van der Waals surface area contributed by atoms with E-state index < -0.39 is 0 Å². The quantitative estimate of drug-likeness (QED) is 0.733. The van der Waals surface area contributed by atoms with Gasteiger partial charge < -0.3 is 0 Å².